The number of hydrogen-bond acceptors (Lipinski definition) is 5. The monoisotopic (exact) mass is 295 g/mol. The maximum absolute atomic E-state index is 9.87. The second kappa shape index (κ2) is 6.07. The Labute approximate surface area is 127 Å². The van der Waals surface area contributed by atoms with E-state index in [1.807, 2.05) is 20.0 Å². The molecule has 1 N–H and O–H groups in total. The second-order valence-corrected chi connectivity index (χ2v) is 7.73. The van der Waals surface area contributed by atoms with Gasteiger partial charge >= 0.3 is 0 Å². The number of rotatable bonds is 4. The van der Waals surface area contributed by atoms with E-state index < -0.39 is 5.60 Å². The van der Waals surface area contributed by atoms with Crippen LogP contribution in [0.2, 0.25) is 0 Å². The van der Waals surface area contributed by atoms with E-state index in [4.69, 9.17) is 4.42 Å². The summed E-state index contributed by atoms with van der Waals surface area (Å²) in [5.74, 6) is 1.74. The summed E-state index contributed by atoms with van der Waals surface area (Å²) in [5, 5.41) is 9.87. The standard InChI is InChI=1S/C16H29N3O2/c1-15(2,3)13-10-17-14(21-13)11-18-6-8-19(9-7-18)12-16(4,5)20/h10,20H,6-9,11-12H2,1-5H3. The molecule has 0 radical (unpaired) electrons. The van der Waals surface area contributed by atoms with Gasteiger partial charge in [-0.1, -0.05) is 20.8 Å². The molecule has 0 saturated carbocycles. The first-order valence-corrected chi connectivity index (χ1v) is 7.76. The molecule has 1 aromatic rings. The van der Waals surface area contributed by atoms with Crippen LogP contribution in [0.25, 0.3) is 0 Å². The van der Waals surface area contributed by atoms with E-state index in [0.717, 1.165) is 50.9 Å². The van der Waals surface area contributed by atoms with Crippen molar-refractivity contribution in [1.82, 2.24) is 14.8 Å². The molecule has 1 aromatic heterocycles. The summed E-state index contributed by atoms with van der Waals surface area (Å²) in [4.78, 5) is 9.07. The van der Waals surface area contributed by atoms with Crippen molar-refractivity contribution in [3.05, 3.63) is 17.8 Å². The SMILES string of the molecule is CC(C)(O)CN1CCN(Cc2ncc(C(C)(C)C)o2)CC1. The Kier molecular flexibility index (Phi) is 4.76. The first kappa shape index (κ1) is 16.5. The lowest BCUT2D eigenvalue weighted by Gasteiger charge is -2.36. The lowest BCUT2D eigenvalue weighted by molar-refractivity contribution is 0.0155. The number of hydrogen-bond donors (Lipinski definition) is 1. The number of β-amino-alcohol motifs (C(OH)–C–C–N with tert-alkyl or cyclic N) is 1. The van der Waals surface area contributed by atoms with Crippen molar-refractivity contribution in [3.63, 3.8) is 0 Å². The average molecular weight is 295 g/mol. The highest BCUT2D eigenvalue weighted by Crippen LogP contribution is 2.23. The summed E-state index contributed by atoms with van der Waals surface area (Å²) < 4.78 is 5.85. The van der Waals surface area contributed by atoms with Crippen molar-refractivity contribution in [3.8, 4) is 0 Å². The van der Waals surface area contributed by atoms with Crippen LogP contribution in [0.1, 0.15) is 46.3 Å². The Balaban J connectivity index is 1.82. The van der Waals surface area contributed by atoms with Crippen LogP contribution < -0.4 is 0 Å². The number of nitrogens with zero attached hydrogens (tertiary/aromatic N) is 3. The molecule has 0 bridgehead atoms. The third kappa shape index (κ3) is 5.09. The van der Waals surface area contributed by atoms with E-state index >= 15 is 0 Å². The molecule has 120 valence electrons. The largest absolute Gasteiger partial charge is 0.444 e. The molecule has 5 nitrogen and oxygen atoms in total. The Morgan fingerprint density at radius 2 is 1.67 bits per heavy atom. The van der Waals surface area contributed by atoms with Crippen molar-refractivity contribution in [2.75, 3.05) is 32.7 Å². The zero-order chi connectivity index (χ0) is 15.7. The Bertz CT molecular complexity index is 449. The van der Waals surface area contributed by atoms with Gasteiger partial charge in [-0.05, 0) is 13.8 Å². The number of aromatic nitrogens is 1. The van der Waals surface area contributed by atoms with Crippen LogP contribution in [-0.4, -0.2) is 58.2 Å². The fourth-order valence-electron chi connectivity index (χ4n) is 2.57. The molecule has 5 heteroatoms. The molecule has 1 aliphatic rings. The van der Waals surface area contributed by atoms with Crippen LogP contribution in [0.4, 0.5) is 0 Å². The Morgan fingerprint density at radius 3 is 2.14 bits per heavy atom. The normalized spacial score (nSPS) is 19.1. The van der Waals surface area contributed by atoms with Gasteiger partial charge in [-0.3, -0.25) is 9.80 Å². The highest BCUT2D eigenvalue weighted by molar-refractivity contribution is 5.06. The lowest BCUT2D eigenvalue weighted by Crippen LogP contribution is -2.50. The highest BCUT2D eigenvalue weighted by Gasteiger charge is 2.24. The molecule has 1 fully saturated rings. The minimum absolute atomic E-state index is 0.0106. The predicted molar refractivity (Wildman–Crippen MR) is 83.2 cm³/mol. The first-order valence-electron chi connectivity index (χ1n) is 7.76. The van der Waals surface area contributed by atoms with E-state index in [-0.39, 0.29) is 5.41 Å². The fraction of sp³-hybridized carbons (Fsp3) is 0.812. The van der Waals surface area contributed by atoms with Gasteiger partial charge < -0.3 is 9.52 Å². The molecule has 2 heterocycles. The molecular weight excluding hydrogens is 266 g/mol. The summed E-state index contributed by atoms with van der Waals surface area (Å²) in [5.41, 5.74) is -0.608. The Morgan fingerprint density at radius 1 is 1.10 bits per heavy atom. The van der Waals surface area contributed by atoms with E-state index in [2.05, 4.69) is 35.6 Å². The van der Waals surface area contributed by atoms with Gasteiger partial charge in [-0.15, -0.1) is 0 Å². The fourth-order valence-corrected chi connectivity index (χ4v) is 2.57. The Hall–Kier alpha value is -0.910. The van der Waals surface area contributed by atoms with Crippen molar-refractivity contribution < 1.29 is 9.52 Å². The molecule has 1 saturated heterocycles. The molecule has 2 rings (SSSR count). The van der Waals surface area contributed by atoms with Crippen molar-refractivity contribution >= 4 is 0 Å². The average Bonchev–Trinajstić information content (AvgIpc) is 2.78. The van der Waals surface area contributed by atoms with Crippen molar-refractivity contribution in [2.24, 2.45) is 0 Å². The molecule has 0 aromatic carbocycles. The molecule has 21 heavy (non-hydrogen) atoms. The van der Waals surface area contributed by atoms with Crippen LogP contribution in [0.5, 0.6) is 0 Å². The summed E-state index contributed by atoms with van der Waals surface area (Å²) in [7, 11) is 0. The van der Waals surface area contributed by atoms with Crippen LogP contribution >= 0.6 is 0 Å². The maximum atomic E-state index is 9.87. The van der Waals surface area contributed by atoms with E-state index in [0.29, 0.717) is 0 Å². The van der Waals surface area contributed by atoms with Gasteiger partial charge in [-0.2, -0.15) is 0 Å². The van der Waals surface area contributed by atoms with Gasteiger partial charge in [-0.25, -0.2) is 4.98 Å². The zero-order valence-corrected chi connectivity index (χ0v) is 14.0. The minimum atomic E-state index is -0.619. The van der Waals surface area contributed by atoms with Gasteiger partial charge in [0.05, 0.1) is 18.3 Å². The zero-order valence-electron chi connectivity index (χ0n) is 14.0. The summed E-state index contributed by atoms with van der Waals surface area (Å²) in [6, 6.07) is 0. The molecule has 0 unspecified atom stereocenters. The molecular formula is C16H29N3O2. The third-order valence-electron chi connectivity index (χ3n) is 3.73. The van der Waals surface area contributed by atoms with Gasteiger partial charge in [0, 0.05) is 38.1 Å². The number of piperazine rings is 1. The predicted octanol–water partition coefficient (Wildman–Crippen LogP) is 1.86. The van der Waals surface area contributed by atoms with E-state index in [1.165, 1.54) is 0 Å². The van der Waals surface area contributed by atoms with Gasteiger partial charge in [0.25, 0.3) is 0 Å². The molecule has 0 atom stereocenters. The first-order chi connectivity index (χ1) is 9.63. The van der Waals surface area contributed by atoms with E-state index in [1.54, 1.807) is 0 Å². The van der Waals surface area contributed by atoms with Crippen LogP contribution in [0.3, 0.4) is 0 Å². The molecule has 0 aliphatic carbocycles. The van der Waals surface area contributed by atoms with Crippen LogP contribution in [-0.2, 0) is 12.0 Å². The van der Waals surface area contributed by atoms with Crippen molar-refractivity contribution in [2.45, 2.75) is 52.2 Å². The highest BCUT2D eigenvalue weighted by atomic mass is 16.4. The quantitative estimate of drug-likeness (QED) is 0.919. The lowest BCUT2D eigenvalue weighted by atomic mass is 9.94. The molecule has 1 aliphatic heterocycles. The minimum Gasteiger partial charge on any atom is -0.444 e. The summed E-state index contributed by atoms with van der Waals surface area (Å²) in [6.45, 7) is 15.6. The summed E-state index contributed by atoms with van der Waals surface area (Å²) >= 11 is 0. The number of aliphatic hydroxyl groups is 1. The third-order valence-corrected chi connectivity index (χ3v) is 3.73. The van der Waals surface area contributed by atoms with Crippen LogP contribution in [0.15, 0.2) is 10.6 Å². The molecule has 0 amide bonds. The smallest absolute Gasteiger partial charge is 0.208 e. The van der Waals surface area contributed by atoms with Gasteiger partial charge in [0.15, 0.2) is 0 Å². The van der Waals surface area contributed by atoms with Crippen molar-refractivity contribution in [1.29, 1.82) is 0 Å². The van der Waals surface area contributed by atoms with Gasteiger partial charge in [0.1, 0.15) is 5.76 Å². The van der Waals surface area contributed by atoms with Gasteiger partial charge in [0.2, 0.25) is 5.89 Å². The van der Waals surface area contributed by atoms with Crippen LogP contribution in [0, 0.1) is 0 Å². The van der Waals surface area contributed by atoms with E-state index in [9.17, 15) is 5.11 Å². The topological polar surface area (TPSA) is 52.7 Å². The number of oxazole rings is 1. The molecule has 0 spiro atoms. The second-order valence-electron chi connectivity index (χ2n) is 7.73. The maximum Gasteiger partial charge on any atom is 0.208 e. The summed E-state index contributed by atoms with van der Waals surface area (Å²) in [6.07, 6.45) is 1.85.